The summed E-state index contributed by atoms with van der Waals surface area (Å²) in [5.74, 6) is -0.212. The monoisotopic (exact) mass is 262 g/mol. The first-order valence-corrected chi connectivity index (χ1v) is 7.04. The number of carbonyl (C=O) groups excluding carboxylic acids is 1. The molecule has 0 aliphatic carbocycles. The molecule has 0 saturated carbocycles. The maximum absolute atomic E-state index is 11.4. The van der Waals surface area contributed by atoms with Crippen molar-refractivity contribution in [3.8, 4) is 0 Å². The van der Waals surface area contributed by atoms with Crippen molar-refractivity contribution in [1.29, 1.82) is 0 Å². The molecule has 1 saturated heterocycles. The normalized spacial score (nSPS) is 15.1. The van der Waals surface area contributed by atoms with E-state index >= 15 is 0 Å². The van der Waals surface area contributed by atoms with Crippen LogP contribution in [0.3, 0.4) is 0 Å². The highest BCUT2D eigenvalue weighted by atomic mass is 16.5. The van der Waals surface area contributed by atoms with Crippen molar-refractivity contribution in [3.63, 3.8) is 0 Å². The van der Waals surface area contributed by atoms with Gasteiger partial charge in [0.05, 0.1) is 18.0 Å². The van der Waals surface area contributed by atoms with Crippen LogP contribution in [0.2, 0.25) is 0 Å². The largest absolute Gasteiger partial charge is 0.465 e. The summed E-state index contributed by atoms with van der Waals surface area (Å²) in [6.45, 7) is 4.66. The van der Waals surface area contributed by atoms with Gasteiger partial charge in [-0.3, -0.25) is 4.79 Å². The van der Waals surface area contributed by atoms with Gasteiger partial charge in [-0.15, -0.1) is 0 Å². The number of nitrogens with one attached hydrogen (secondary N) is 1. The van der Waals surface area contributed by atoms with Gasteiger partial charge < -0.3 is 15.0 Å². The molecule has 0 radical (unpaired) electrons. The summed E-state index contributed by atoms with van der Waals surface area (Å²) >= 11 is 0. The topological polar surface area (TPSA) is 41.6 Å². The Balaban J connectivity index is 2.01. The number of piperidine rings is 1. The lowest BCUT2D eigenvalue weighted by atomic mass is 10.1. The van der Waals surface area contributed by atoms with Gasteiger partial charge in [0.15, 0.2) is 0 Å². The molecule has 0 amide bonds. The van der Waals surface area contributed by atoms with Gasteiger partial charge in [-0.1, -0.05) is 12.1 Å². The number of hydrogen-bond donors (Lipinski definition) is 1. The molecule has 0 bridgehead atoms. The summed E-state index contributed by atoms with van der Waals surface area (Å²) in [6.07, 6.45) is 3.80. The highest BCUT2D eigenvalue weighted by Gasteiger charge is 2.14. The van der Waals surface area contributed by atoms with E-state index in [0.29, 0.717) is 6.61 Å². The van der Waals surface area contributed by atoms with E-state index in [2.05, 4.69) is 16.3 Å². The van der Waals surface area contributed by atoms with Crippen LogP contribution in [0.4, 0.5) is 11.4 Å². The first kappa shape index (κ1) is 13.7. The maximum atomic E-state index is 11.4. The van der Waals surface area contributed by atoms with Crippen molar-refractivity contribution in [2.45, 2.75) is 26.2 Å². The Bertz CT molecular complexity index is 414. The molecule has 0 unspecified atom stereocenters. The fourth-order valence-corrected chi connectivity index (χ4v) is 2.41. The third-order valence-corrected chi connectivity index (χ3v) is 3.33. The van der Waals surface area contributed by atoms with Gasteiger partial charge in [0, 0.05) is 13.1 Å². The van der Waals surface area contributed by atoms with Crippen molar-refractivity contribution < 1.29 is 9.53 Å². The van der Waals surface area contributed by atoms with E-state index < -0.39 is 0 Å². The van der Waals surface area contributed by atoms with Gasteiger partial charge in [-0.2, -0.15) is 0 Å². The zero-order chi connectivity index (χ0) is 13.5. The van der Waals surface area contributed by atoms with Crippen LogP contribution >= 0.6 is 0 Å². The van der Waals surface area contributed by atoms with Crippen LogP contribution in [0.15, 0.2) is 24.3 Å². The van der Waals surface area contributed by atoms with Crippen LogP contribution < -0.4 is 10.2 Å². The van der Waals surface area contributed by atoms with Gasteiger partial charge in [0.1, 0.15) is 6.54 Å². The molecule has 1 aliphatic heterocycles. The Hall–Kier alpha value is -1.71. The molecule has 0 atom stereocenters. The van der Waals surface area contributed by atoms with Gasteiger partial charge in [-0.25, -0.2) is 0 Å². The summed E-state index contributed by atoms with van der Waals surface area (Å²) in [4.78, 5) is 13.8. The van der Waals surface area contributed by atoms with Crippen molar-refractivity contribution >= 4 is 17.3 Å². The van der Waals surface area contributed by atoms with E-state index in [1.807, 2.05) is 25.1 Å². The summed E-state index contributed by atoms with van der Waals surface area (Å²) in [5.41, 5.74) is 2.20. The van der Waals surface area contributed by atoms with Gasteiger partial charge in [-0.05, 0) is 38.3 Å². The number of ether oxygens (including phenoxy) is 1. The highest BCUT2D eigenvalue weighted by Crippen LogP contribution is 2.27. The molecule has 0 spiro atoms. The average Bonchev–Trinajstić information content (AvgIpc) is 2.47. The SMILES string of the molecule is CCOC(=O)CNc1ccccc1N1CCCCC1. The molecule has 1 aromatic rings. The van der Waals surface area contributed by atoms with Crippen molar-refractivity contribution in [1.82, 2.24) is 0 Å². The zero-order valence-corrected chi connectivity index (χ0v) is 11.5. The molecule has 1 aromatic carbocycles. The second-order valence-electron chi connectivity index (χ2n) is 4.72. The molecule has 1 aliphatic rings. The minimum atomic E-state index is -0.212. The Morgan fingerprint density at radius 3 is 2.74 bits per heavy atom. The van der Waals surface area contributed by atoms with E-state index in [1.54, 1.807) is 0 Å². The van der Waals surface area contributed by atoms with Crippen molar-refractivity contribution in [2.75, 3.05) is 36.5 Å². The molecule has 104 valence electrons. The molecule has 19 heavy (non-hydrogen) atoms. The molecular weight excluding hydrogens is 240 g/mol. The lowest BCUT2D eigenvalue weighted by Gasteiger charge is -2.30. The highest BCUT2D eigenvalue weighted by molar-refractivity contribution is 5.78. The van der Waals surface area contributed by atoms with E-state index in [4.69, 9.17) is 4.74 Å². The molecule has 1 N–H and O–H groups in total. The first-order chi connectivity index (χ1) is 9.31. The summed E-state index contributed by atoms with van der Waals surface area (Å²) in [5, 5.41) is 3.18. The van der Waals surface area contributed by atoms with E-state index in [-0.39, 0.29) is 12.5 Å². The number of esters is 1. The van der Waals surface area contributed by atoms with Gasteiger partial charge in [0.2, 0.25) is 0 Å². The Morgan fingerprint density at radius 1 is 1.26 bits per heavy atom. The van der Waals surface area contributed by atoms with Gasteiger partial charge >= 0.3 is 5.97 Å². The summed E-state index contributed by atoms with van der Waals surface area (Å²) < 4.78 is 4.93. The smallest absolute Gasteiger partial charge is 0.325 e. The second-order valence-corrected chi connectivity index (χ2v) is 4.72. The van der Waals surface area contributed by atoms with E-state index in [0.717, 1.165) is 18.8 Å². The third-order valence-electron chi connectivity index (χ3n) is 3.33. The number of para-hydroxylation sites is 2. The number of rotatable bonds is 5. The van der Waals surface area contributed by atoms with Crippen molar-refractivity contribution in [2.24, 2.45) is 0 Å². The Labute approximate surface area is 114 Å². The van der Waals surface area contributed by atoms with Crippen LogP contribution in [-0.2, 0) is 9.53 Å². The number of benzene rings is 1. The zero-order valence-electron chi connectivity index (χ0n) is 11.5. The quantitative estimate of drug-likeness (QED) is 0.828. The third kappa shape index (κ3) is 3.88. The molecule has 0 aromatic heterocycles. The molecule has 2 rings (SSSR count). The fourth-order valence-electron chi connectivity index (χ4n) is 2.41. The van der Waals surface area contributed by atoms with Crippen LogP contribution in [0, 0.1) is 0 Å². The summed E-state index contributed by atoms with van der Waals surface area (Å²) in [7, 11) is 0. The van der Waals surface area contributed by atoms with Crippen LogP contribution in [0.1, 0.15) is 26.2 Å². The molecule has 1 fully saturated rings. The van der Waals surface area contributed by atoms with Gasteiger partial charge in [0.25, 0.3) is 0 Å². The number of carbonyl (C=O) groups is 1. The van der Waals surface area contributed by atoms with Crippen LogP contribution in [-0.4, -0.2) is 32.2 Å². The predicted octanol–water partition coefficient (Wildman–Crippen LogP) is 2.65. The molecular formula is C15H22N2O2. The number of hydrogen-bond acceptors (Lipinski definition) is 4. The second kappa shape index (κ2) is 7.02. The number of anilines is 2. The standard InChI is InChI=1S/C15H22N2O2/c1-2-19-15(18)12-16-13-8-4-5-9-14(13)17-10-6-3-7-11-17/h4-5,8-9,16H,2-3,6-7,10-12H2,1H3. The lowest BCUT2D eigenvalue weighted by Crippen LogP contribution is -2.30. The summed E-state index contributed by atoms with van der Waals surface area (Å²) in [6, 6.07) is 8.16. The van der Waals surface area contributed by atoms with E-state index in [1.165, 1.54) is 24.9 Å². The maximum Gasteiger partial charge on any atom is 0.325 e. The minimum Gasteiger partial charge on any atom is -0.465 e. The van der Waals surface area contributed by atoms with Crippen molar-refractivity contribution in [3.05, 3.63) is 24.3 Å². The minimum absolute atomic E-state index is 0.212. The average molecular weight is 262 g/mol. The first-order valence-electron chi connectivity index (χ1n) is 7.04. The number of nitrogens with zero attached hydrogens (tertiary/aromatic N) is 1. The molecule has 4 nitrogen and oxygen atoms in total. The molecule has 4 heteroatoms. The van der Waals surface area contributed by atoms with Crippen LogP contribution in [0.25, 0.3) is 0 Å². The van der Waals surface area contributed by atoms with Crippen LogP contribution in [0.5, 0.6) is 0 Å². The predicted molar refractivity (Wildman–Crippen MR) is 77.6 cm³/mol. The molecule has 1 heterocycles. The lowest BCUT2D eigenvalue weighted by molar-refractivity contribution is -0.140. The Kier molecular flexibility index (Phi) is 5.07. The Morgan fingerprint density at radius 2 is 2.00 bits per heavy atom. The fraction of sp³-hybridized carbons (Fsp3) is 0.533. The van der Waals surface area contributed by atoms with E-state index in [9.17, 15) is 4.79 Å².